The lowest BCUT2D eigenvalue weighted by atomic mass is 9.82. The monoisotopic (exact) mass is 288 g/mol. The third-order valence-electron chi connectivity index (χ3n) is 5.23. The predicted molar refractivity (Wildman–Crippen MR) is 79.2 cm³/mol. The van der Waals surface area contributed by atoms with Gasteiger partial charge in [0.25, 0.3) is 5.92 Å². The Labute approximate surface area is 122 Å². The second-order valence-corrected chi connectivity index (χ2v) is 7.23. The van der Waals surface area contributed by atoms with Crippen molar-refractivity contribution in [1.82, 2.24) is 9.80 Å². The fourth-order valence-electron chi connectivity index (χ4n) is 3.88. The molecule has 2 aliphatic heterocycles. The minimum Gasteiger partial charge on any atom is -0.301 e. The first kappa shape index (κ1) is 16.2. The Hall–Kier alpha value is -0.220. The van der Waals surface area contributed by atoms with Crippen LogP contribution in [0.3, 0.4) is 0 Å². The molecule has 0 aliphatic carbocycles. The van der Waals surface area contributed by atoms with Crippen LogP contribution in [0.4, 0.5) is 8.78 Å². The maximum absolute atomic E-state index is 14.3. The smallest absolute Gasteiger partial charge is 0.263 e. The van der Waals surface area contributed by atoms with E-state index in [1.54, 1.807) is 0 Å². The van der Waals surface area contributed by atoms with Crippen LogP contribution in [0.5, 0.6) is 0 Å². The summed E-state index contributed by atoms with van der Waals surface area (Å²) in [7, 11) is 0. The van der Waals surface area contributed by atoms with Crippen LogP contribution in [0.15, 0.2) is 0 Å². The van der Waals surface area contributed by atoms with E-state index in [9.17, 15) is 8.78 Å². The van der Waals surface area contributed by atoms with Crippen molar-refractivity contribution in [2.75, 3.05) is 26.2 Å². The Morgan fingerprint density at radius 2 is 1.55 bits per heavy atom. The summed E-state index contributed by atoms with van der Waals surface area (Å²) in [6.07, 6.45) is 2.73. The van der Waals surface area contributed by atoms with Crippen LogP contribution in [0.25, 0.3) is 0 Å². The molecule has 2 rings (SSSR count). The van der Waals surface area contributed by atoms with Gasteiger partial charge in [-0.2, -0.15) is 0 Å². The molecule has 2 fully saturated rings. The molecule has 20 heavy (non-hydrogen) atoms. The van der Waals surface area contributed by atoms with Gasteiger partial charge in [0.05, 0.1) is 6.54 Å². The van der Waals surface area contributed by atoms with E-state index in [0.29, 0.717) is 18.5 Å². The quantitative estimate of drug-likeness (QED) is 0.784. The van der Waals surface area contributed by atoms with E-state index in [2.05, 4.69) is 23.6 Å². The summed E-state index contributed by atoms with van der Waals surface area (Å²) in [4.78, 5) is 4.52. The lowest BCUT2D eigenvalue weighted by Crippen LogP contribution is -2.55. The van der Waals surface area contributed by atoms with E-state index < -0.39 is 11.8 Å². The molecule has 1 unspecified atom stereocenters. The van der Waals surface area contributed by atoms with Crippen molar-refractivity contribution < 1.29 is 8.78 Å². The summed E-state index contributed by atoms with van der Waals surface area (Å²) in [5, 5.41) is 0. The molecule has 118 valence electrons. The molecule has 0 amide bonds. The van der Waals surface area contributed by atoms with Crippen LogP contribution in [0.1, 0.15) is 47.0 Å². The standard InChI is InChI=1S/C16H30F2N2/c1-12(2)15-7-10-20(11-16(15,17)18)14-5-8-19(9-6-14)13(3)4/h12-15H,5-11H2,1-4H3. The van der Waals surface area contributed by atoms with Gasteiger partial charge in [-0.15, -0.1) is 0 Å². The zero-order valence-electron chi connectivity index (χ0n) is 13.4. The van der Waals surface area contributed by atoms with Gasteiger partial charge < -0.3 is 4.90 Å². The molecular formula is C16H30F2N2. The van der Waals surface area contributed by atoms with Crippen molar-refractivity contribution >= 4 is 0 Å². The first-order chi connectivity index (χ1) is 9.31. The lowest BCUT2D eigenvalue weighted by Gasteiger charge is -2.46. The van der Waals surface area contributed by atoms with E-state index >= 15 is 0 Å². The van der Waals surface area contributed by atoms with E-state index in [0.717, 1.165) is 32.5 Å². The summed E-state index contributed by atoms with van der Waals surface area (Å²) in [5.74, 6) is -2.87. The largest absolute Gasteiger partial charge is 0.301 e. The zero-order chi connectivity index (χ0) is 14.9. The number of piperidine rings is 2. The number of hydrogen-bond donors (Lipinski definition) is 0. The van der Waals surface area contributed by atoms with Crippen LogP contribution >= 0.6 is 0 Å². The third-order valence-corrected chi connectivity index (χ3v) is 5.23. The van der Waals surface area contributed by atoms with Crippen LogP contribution in [0, 0.1) is 11.8 Å². The number of rotatable bonds is 3. The molecule has 0 radical (unpaired) electrons. The Morgan fingerprint density at radius 3 is 2.00 bits per heavy atom. The first-order valence-electron chi connectivity index (χ1n) is 8.17. The van der Waals surface area contributed by atoms with Gasteiger partial charge >= 0.3 is 0 Å². The third kappa shape index (κ3) is 3.51. The highest BCUT2D eigenvalue weighted by Crippen LogP contribution is 2.39. The van der Waals surface area contributed by atoms with E-state index in [4.69, 9.17) is 0 Å². The predicted octanol–water partition coefficient (Wildman–Crippen LogP) is 3.47. The Kier molecular flexibility index (Phi) is 5.06. The van der Waals surface area contributed by atoms with Crippen molar-refractivity contribution in [2.24, 2.45) is 11.8 Å². The van der Waals surface area contributed by atoms with Crippen molar-refractivity contribution in [3.63, 3.8) is 0 Å². The van der Waals surface area contributed by atoms with Gasteiger partial charge in [0.1, 0.15) is 0 Å². The second-order valence-electron chi connectivity index (χ2n) is 7.23. The molecule has 2 heterocycles. The van der Waals surface area contributed by atoms with Gasteiger partial charge in [0, 0.05) is 18.0 Å². The molecule has 4 heteroatoms. The molecule has 0 saturated carbocycles. The molecule has 0 aromatic heterocycles. The molecule has 2 saturated heterocycles. The molecule has 0 N–H and O–H groups in total. The molecule has 1 atom stereocenters. The molecule has 2 nitrogen and oxygen atoms in total. The molecule has 0 aromatic rings. The number of nitrogens with zero attached hydrogens (tertiary/aromatic N) is 2. The summed E-state index contributed by atoms with van der Waals surface area (Å²) in [6.45, 7) is 11.2. The van der Waals surface area contributed by atoms with E-state index in [1.807, 2.05) is 13.8 Å². The molecular weight excluding hydrogens is 258 g/mol. The van der Waals surface area contributed by atoms with Gasteiger partial charge in [-0.3, -0.25) is 4.90 Å². The topological polar surface area (TPSA) is 6.48 Å². The minimum absolute atomic E-state index is 0.0256. The summed E-state index contributed by atoms with van der Waals surface area (Å²) < 4.78 is 28.6. The van der Waals surface area contributed by atoms with Crippen molar-refractivity contribution in [3.8, 4) is 0 Å². The lowest BCUT2D eigenvalue weighted by molar-refractivity contribution is -0.136. The van der Waals surface area contributed by atoms with Crippen LogP contribution in [0.2, 0.25) is 0 Å². The zero-order valence-corrected chi connectivity index (χ0v) is 13.4. The van der Waals surface area contributed by atoms with Crippen LogP contribution in [-0.2, 0) is 0 Å². The highest BCUT2D eigenvalue weighted by Gasteiger charge is 2.47. The molecule has 2 aliphatic rings. The first-order valence-corrected chi connectivity index (χ1v) is 8.17. The number of alkyl halides is 2. The highest BCUT2D eigenvalue weighted by molar-refractivity contribution is 4.92. The normalized spacial score (nSPS) is 30.3. The SMILES string of the molecule is CC(C)C1CCN(C2CCN(C(C)C)CC2)CC1(F)F. The Balaban J connectivity index is 1.90. The highest BCUT2D eigenvalue weighted by atomic mass is 19.3. The molecule has 0 aromatic carbocycles. The number of halogens is 2. The minimum atomic E-state index is -2.51. The summed E-state index contributed by atoms with van der Waals surface area (Å²) in [5.41, 5.74) is 0. The van der Waals surface area contributed by atoms with Crippen LogP contribution < -0.4 is 0 Å². The average Bonchev–Trinajstić information content (AvgIpc) is 2.37. The maximum Gasteiger partial charge on any atom is 0.263 e. The fourth-order valence-corrected chi connectivity index (χ4v) is 3.88. The van der Waals surface area contributed by atoms with Crippen molar-refractivity contribution in [3.05, 3.63) is 0 Å². The van der Waals surface area contributed by atoms with Gasteiger partial charge in [-0.1, -0.05) is 13.8 Å². The molecule has 0 spiro atoms. The Bertz CT molecular complexity index is 310. The summed E-state index contributed by atoms with van der Waals surface area (Å²) >= 11 is 0. The van der Waals surface area contributed by atoms with Crippen LogP contribution in [-0.4, -0.2) is 54.0 Å². The van der Waals surface area contributed by atoms with E-state index in [1.165, 1.54) is 0 Å². The Morgan fingerprint density at radius 1 is 0.950 bits per heavy atom. The van der Waals surface area contributed by atoms with Crippen molar-refractivity contribution in [2.45, 2.75) is 65.0 Å². The number of likely N-dealkylation sites (tertiary alicyclic amines) is 2. The summed E-state index contributed by atoms with van der Waals surface area (Å²) in [6, 6.07) is 0.938. The van der Waals surface area contributed by atoms with Crippen molar-refractivity contribution in [1.29, 1.82) is 0 Å². The van der Waals surface area contributed by atoms with Gasteiger partial charge in [0.15, 0.2) is 0 Å². The van der Waals surface area contributed by atoms with Gasteiger partial charge in [-0.25, -0.2) is 8.78 Å². The average molecular weight is 288 g/mol. The van der Waals surface area contributed by atoms with Gasteiger partial charge in [0.2, 0.25) is 0 Å². The fraction of sp³-hybridized carbons (Fsp3) is 1.00. The van der Waals surface area contributed by atoms with Gasteiger partial charge in [-0.05, 0) is 58.7 Å². The maximum atomic E-state index is 14.3. The molecule has 0 bridgehead atoms. The van der Waals surface area contributed by atoms with E-state index in [-0.39, 0.29) is 12.5 Å². The second kappa shape index (κ2) is 6.27. The number of hydrogen-bond acceptors (Lipinski definition) is 2.